The molecule has 0 aliphatic rings. The van der Waals surface area contributed by atoms with Crippen LogP contribution in [0.15, 0.2) is 12.3 Å². The van der Waals surface area contributed by atoms with Gasteiger partial charge in [0.25, 0.3) is 0 Å². The molecule has 1 aromatic heterocycles. The number of aromatic nitrogens is 1. The van der Waals surface area contributed by atoms with Gasteiger partial charge in [-0.25, -0.2) is 4.98 Å². The molecule has 0 aliphatic heterocycles. The number of nitrogens with one attached hydrogen (secondary N) is 2. The van der Waals surface area contributed by atoms with Gasteiger partial charge in [-0.15, -0.1) is 0 Å². The topological polar surface area (TPSA) is 80.0 Å². The molecule has 0 aliphatic carbocycles. The molecular weight excluding hydrogens is 273 g/mol. The Hall–Kier alpha value is -1.99. The van der Waals surface area contributed by atoms with Crippen molar-refractivity contribution in [3.63, 3.8) is 0 Å². The molecule has 5 nitrogen and oxygen atoms in total. The second-order valence-electron chi connectivity index (χ2n) is 4.68. The van der Waals surface area contributed by atoms with Gasteiger partial charge in [0.05, 0.1) is 17.6 Å². The molecule has 1 heterocycles. The van der Waals surface area contributed by atoms with Gasteiger partial charge in [0, 0.05) is 6.04 Å². The molecule has 0 saturated heterocycles. The number of alkyl halides is 3. The summed E-state index contributed by atoms with van der Waals surface area (Å²) in [5.41, 5.74) is 4.56. The van der Waals surface area contributed by atoms with Crippen molar-refractivity contribution in [2.24, 2.45) is 0 Å². The number of nitrogens with zero attached hydrogens (tertiary/aromatic N) is 1. The fourth-order valence-electron chi connectivity index (χ4n) is 1.45. The van der Waals surface area contributed by atoms with Crippen LogP contribution in [0.4, 0.5) is 24.5 Å². The minimum atomic E-state index is -4.56. The van der Waals surface area contributed by atoms with Crippen molar-refractivity contribution in [1.82, 2.24) is 10.3 Å². The Morgan fingerprint density at radius 2 is 1.95 bits per heavy atom. The lowest BCUT2D eigenvalue weighted by Crippen LogP contribution is -2.41. The quantitative estimate of drug-likeness (QED) is 0.792. The third kappa shape index (κ3) is 4.29. The summed E-state index contributed by atoms with van der Waals surface area (Å²) in [6.07, 6.45) is -3.65. The highest BCUT2D eigenvalue weighted by atomic mass is 19.4. The lowest BCUT2D eigenvalue weighted by molar-refractivity contribution is -0.141. The number of nitrogen functional groups attached to an aromatic ring is 1. The highest BCUT2D eigenvalue weighted by Crippen LogP contribution is 2.31. The Labute approximate surface area is 114 Å². The first-order chi connectivity index (χ1) is 9.11. The Balaban J connectivity index is 2.89. The van der Waals surface area contributed by atoms with Crippen molar-refractivity contribution in [2.75, 3.05) is 11.1 Å². The summed E-state index contributed by atoms with van der Waals surface area (Å²) in [4.78, 5) is 14.9. The number of rotatable bonds is 4. The van der Waals surface area contributed by atoms with Gasteiger partial charge in [-0.2, -0.15) is 13.2 Å². The van der Waals surface area contributed by atoms with Crippen LogP contribution in [0.2, 0.25) is 0 Å². The molecule has 20 heavy (non-hydrogen) atoms. The molecule has 1 amide bonds. The average molecular weight is 290 g/mol. The van der Waals surface area contributed by atoms with E-state index in [0.717, 1.165) is 12.3 Å². The molecule has 1 aromatic rings. The summed E-state index contributed by atoms with van der Waals surface area (Å²) in [5, 5.41) is 5.30. The van der Waals surface area contributed by atoms with E-state index in [9.17, 15) is 18.0 Å². The van der Waals surface area contributed by atoms with E-state index in [-0.39, 0.29) is 23.3 Å². The van der Waals surface area contributed by atoms with Crippen molar-refractivity contribution in [3.8, 4) is 0 Å². The summed E-state index contributed by atoms with van der Waals surface area (Å²) in [7, 11) is 0. The third-order valence-corrected chi connectivity index (χ3v) is 2.42. The van der Waals surface area contributed by atoms with Crippen molar-refractivity contribution in [1.29, 1.82) is 0 Å². The van der Waals surface area contributed by atoms with Gasteiger partial charge in [0.2, 0.25) is 5.91 Å². The van der Waals surface area contributed by atoms with E-state index in [2.05, 4.69) is 15.6 Å². The summed E-state index contributed by atoms with van der Waals surface area (Å²) in [5.74, 6) is -0.329. The zero-order valence-electron chi connectivity index (χ0n) is 11.4. The van der Waals surface area contributed by atoms with Crippen LogP contribution < -0.4 is 16.4 Å². The predicted molar refractivity (Wildman–Crippen MR) is 70.0 cm³/mol. The van der Waals surface area contributed by atoms with E-state index in [1.807, 2.05) is 0 Å². The summed E-state index contributed by atoms with van der Waals surface area (Å²) < 4.78 is 37.7. The average Bonchev–Trinajstić information content (AvgIpc) is 2.29. The first kappa shape index (κ1) is 16.1. The summed E-state index contributed by atoms with van der Waals surface area (Å²) in [6, 6.07) is 0.00421. The van der Waals surface area contributed by atoms with E-state index in [0.29, 0.717) is 0 Å². The van der Waals surface area contributed by atoms with E-state index in [1.165, 1.54) is 6.92 Å². The predicted octanol–water partition coefficient (Wildman–Crippen LogP) is 2.01. The fourth-order valence-corrected chi connectivity index (χ4v) is 1.45. The molecule has 1 atom stereocenters. The van der Waals surface area contributed by atoms with E-state index in [4.69, 9.17) is 5.73 Å². The van der Waals surface area contributed by atoms with E-state index >= 15 is 0 Å². The van der Waals surface area contributed by atoms with Gasteiger partial charge >= 0.3 is 6.18 Å². The zero-order chi connectivity index (χ0) is 15.5. The van der Waals surface area contributed by atoms with Gasteiger partial charge in [-0.05, 0) is 26.8 Å². The SMILES string of the molecule is CC(C)NC(=O)C(C)Nc1cc(C(F)(F)F)ncc1N. The molecule has 0 fully saturated rings. The Morgan fingerprint density at radius 3 is 2.45 bits per heavy atom. The first-order valence-electron chi connectivity index (χ1n) is 6.01. The molecule has 0 saturated carbocycles. The molecule has 0 aromatic carbocycles. The van der Waals surface area contributed by atoms with Gasteiger partial charge in [-0.3, -0.25) is 4.79 Å². The fraction of sp³-hybridized carbons (Fsp3) is 0.500. The van der Waals surface area contributed by atoms with Crippen LogP contribution in [0, 0.1) is 0 Å². The van der Waals surface area contributed by atoms with Gasteiger partial charge in [-0.1, -0.05) is 0 Å². The minimum Gasteiger partial charge on any atom is -0.396 e. The lowest BCUT2D eigenvalue weighted by atomic mass is 10.2. The monoisotopic (exact) mass is 290 g/mol. The number of hydrogen-bond acceptors (Lipinski definition) is 4. The Bertz CT molecular complexity index is 488. The number of pyridine rings is 1. The maximum Gasteiger partial charge on any atom is 0.433 e. The maximum atomic E-state index is 12.6. The molecule has 1 unspecified atom stereocenters. The van der Waals surface area contributed by atoms with Crippen molar-refractivity contribution in [3.05, 3.63) is 18.0 Å². The lowest BCUT2D eigenvalue weighted by Gasteiger charge is -2.18. The molecular formula is C12H17F3N4O. The van der Waals surface area contributed by atoms with Crippen LogP contribution in [0.5, 0.6) is 0 Å². The molecule has 0 radical (unpaired) electrons. The number of nitrogens with two attached hydrogens (primary N) is 1. The number of hydrogen-bond donors (Lipinski definition) is 3. The van der Waals surface area contributed by atoms with Gasteiger partial charge in [0.1, 0.15) is 11.7 Å². The maximum absolute atomic E-state index is 12.6. The van der Waals surface area contributed by atoms with Crippen LogP contribution in [0.3, 0.4) is 0 Å². The van der Waals surface area contributed by atoms with Crippen LogP contribution in [0.1, 0.15) is 26.5 Å². The van der Waals surface area contributed by atoms with Gasteiger partial charge in [0.15, 0.2) is 0 Å². The molecule has 112 valence electrons. The van der Waals surface area contributed by atoms with Crippen LogP contribution >= 0.6 is 0 Å². The highest BCUT2D eigenvalue weighted by Gasteiger charge is 2.33. The summed E-state index contributed by atoms with van der Waals surface area (Å²) >= 11 is 0. The van der Waals surface area contributed by atoms with Crippen molar-refractivity contribution < 1.29 is 18.0 Å². The Kier molecular flexibility index (Phi) is 4.80. The second kappa shape index (κ2) is 5.98. The molecule has 0 bridgehead atoms. The van der Waals surface area contributed by atoms with Gasteiger partial charge < -0.3 is 16.4 Å². The standard InChI is InChI=1S/C12H17F3N4O/c1-6(2)18-11(20)7(3)19-9-4-10(12(13,14)15)17-5-8(9)16/h4-7H,16H2,1-3H3,(H,17,19)(H,18,20). The van der Waals surface area contributed by atoms with Crippen LogP contribution in [-0.2, 0) is 11.0 Å². The van der Waals surface area contributed by atoms with Crippen LogP contribution in [0.25, 0.3) is 0 Å². The second-order valence-corrected chi connectivity index (χ2v) is 4.68. The molecule has 4 N–H and O–H groups in total. The third-order valence-electron chi connectivity index (χ3n) is 2.42. The smallest absolute Gasteiger partial charge is 0.396 e. The molecule has 1 rings (SSSR count). The summed E-state index contributed by atoms with van der Waals surface area (Å²) in [6.45, 7) is 5.10. The largest absolute Gasteiger partial charge is 0.433 e. The van der Waals surface area contributed by atoms with E-state index in [1.54, 1.807) is 13.8 Å². The number of anilines is 2. The van der Waals surface area contributed by atoms with Crippen LogP contribution in [-0.4, -0.2) is 23.0 Å². The Morgan fingerprint density at radius 1 is 1.35 bits per heavy atom. The van der Waals surface area contributed by atoms with Crippen molar-refractivity contribution >= 4 is 17.3 Å². The molecule has 8 heteroatoms. The minimum absolute atomic E-state index is 0.0266. The first-order valence-corrected chi connectivity index (χ1v) is 6.01. The number of carbonyl (C=O) groups is 1. The normalized spacial score (nSPS) is 13.2. The molecule has 0 spiro atoms. The zero-order valence-corrected chi connectivity index (χ0v) is 11.4. The van der Waals surface area contributed by atoms with E-state index < -0.39 is 17.9 Å². The highest BCUT2D eigenvalue weighted by molar-refractivity contribution is 5.85. The number of amides is 1. The van der Waals surface area contributed by atoms with Crippen molar-refractivity contribution in [2.45, 2.75) is 39.0 Å². The number of carbonyl (C=O) groups excluding carboxylic acids is 1. The number of halogens is 3.